The number of likely N-dealkylation sites (tertiary alicyclic amines) is 1. The highest BCUT2D eigenvalue weighted by atomic mass is 15.2. The van der Waals surface area contributed by atoms with Crippen molar-refractivity contribution in [3.8, 4) is 0 Å². The molecular weight excluding hydrogens is 152 g/mol. The molecule has 0 spiro atoms. The van der Waals surface area contributed by atoms with Gasteiger partial charge in [-0.15, -0.1) is 0 Å². The lowest BCUT2D eigenvalue weighted by Crippen LogP contribution is -2.30. The number of nitrogens with zero attached hydrogens (tertiary/aromatic N) is 1. The second-order valence-electron chi connectivity index (χ2n) is 2.91. The fourth-order valence-corrected chi connectivity index (χ4v) is 1.25. The highest BCUT2D eigenvalue weighted by Crippen LogP contribution is 2.07. The van der Waals surface area contributed by atoms with Crippen LogP contribution in [0, 0.1) is 10.8 Å². The molecule has 1 aliphatic heterocycles. The minimum Gasteiger partial charge on any atom is -0.355 e. The summed E-state index contributed by atoms with van der Waals surface area (Å²) in [5.74, 6) is 0.450. The molecule has 4 heteroatoms. The largest absolute Gasteiger partial charge is 0.355 e. The van der Waals surface area contributed by atoms with Gasteiger partial charge in [-0.3, -0.25) is 5.41 Å². The lowest BCUT2D eigenvalue weighted by Gasteiger charge is -2.15. The van der Waals surface area contributed by atoms with Crippen LogP contribution in [0.25, 0.3) is 0 Å². The van der Waals surface area contributed by atoms with Crippen LogP contribution in [0.3, 0.4) is 0 Å². The van der Waals surface area contributed by atoms with Crippen LogP contribution in [0.2, 0.25) is 0 Å². The Kier molecular flexibility index (Phi) is 2.99. The molecule has 4 N–H and O–H groups in total. The van der Waals surface area contributed by atoms with Crippen LogP contribution in [0.1, 0.15) is 6.42 Å². The van der Waals surface area contributed by atoms with Gasteiger partial charge in [-0.25, -0.2) is 0 Å². The number of hydrogen-bond acceptors (Lipinski definition) is 3. The van der Waals surface area contributed by atoms with E-state index in [2.05, 4.69) is 0 Å². The van der Waals surface area contributed by atoms with Gasteiger partial charge in [-0.05, 0) is 18.6 Å². The summed E-state index contributed by atoms with van der Waals surface area (Å²) in [5, 5.41) is 14.3. The molecule has 1 aliphatic rings. The third-order valence-electron chi connectivity index (χ3n) is 1.92. The maximum absolute atomic E-state index is 7.56. The molecular formula is C8H14N4. The topological polar surface area (TPSA) is 77.0 Å². The predicted molar refractivity (Wildman–Crippen MR) is 49.8 cm³/mol. The third kappa shape index (κ3) is 2.17. The first-order valence-corrected chi connectivity index (χ1v) is 4.00. The van der Waals surface area contributed by atoms with E-state index in [4.69, 9.17) is 16.6 Å². The first-order valence-electron chi connectivity index (χ1n) is 4.00. The Labute approximate surface area is 72.1 Å². The predicted octanol–water partition coefficient (Wildman–Crippen LogP) is 0.202. The molecule has 12 heavy (non-hydrogen) atoms. The molecule has 1 atom stereocenters. The van der Waals surface area contributed by atoms with Crippen molar-refractivity contribution in [1.82, 2.24) is 4.90 Å². The fraction of sp³-hybridized carbons (Fsp3) is 0.500. The van der Waals surface area contributed by atoms with E-state index in [1.54, 1.807) is 12.2 Å². The Morgan fingerprint density at radius 3 is 2.83 bits per heavy atom. The summed E-state index contributed by atoms with van der Waals surface area (Å²) in [5.41, 5.74) is 5.68. The maximum Gasteiger partial charge on any atom is 0.120 e. The summed E-state index contributed by atoms with van der Waals surface area (Å²) < 4.78 is 0. The summed E-state index contributed by atoms with van der Waals surface area (Å²) in [6.07, 6.45) is 5.29. The third-order valence-corrected chi connectivity index (χ3v) is 1.92. The quantitative estimate of drug-likeness (QED) is 0.405. The molecule has 1 heterocycles. The van der Waals surface area contributed by atoms with E-state index in [1.807, 2.05) is 4.90 Å². The van der Waals surface area contributed by atoms with Crippen molar-refractivity contribution in [2.45, 2.75) is 12.5 Å². The van der Waals surface area contributed by atoms with Gasteiger partial charge in [0, 0.05) is 25.3 Å². The molecule has 0 aliphatic carbocycles. The average Bonchev–Trinajstić information content (AvgIpc) is 2.47. The van der Waals surface area contributed by atoms with E-state index in [1.165, 1.54) is 6.21 Å². The molecule has 0 aromatic heterocycles. The van der Waals surface area contributed by atoms with Gasteiger partial charge in [0.15, 0.2) is 0 Å². The van der Waals surface area contributed by atoms with E-state index in [0.29, 0.717) is 5.84 Å². The Hall–Kier alpha value is -1.16. The van der Waals surface area contributed by atoms with Crippen molar-refractivity contribution < 1.29 is 0 Å². The van der Waals surface area contributed by atoms with Crippen LogP contribution >= 0.6 is 0 Å². The zero-order valence-corrected chi connectivity index (χ0v) is 6.96. The first kappa shape index (κ1) is 8.93. The molecule has 1 saturated heterocycles. The molecule has 0 aromatic carbocycles. The summed E-state index contributed by atoms with van der Waals surface area (Å²) in [4.78, 5) is 1.92. The monoisotopic (exact) mass is 166 g/mol. The van der Waals surface area contributed by atoms with Gasteiger partial charge in [0.1, 0.15) is 5.84 Å². The van der Waals surface area contributed by atoms with Gasteiger partial charge in [0.25, 0.3) is 0 Å². The number of amidine groups is 1. The molecule has 1 rings (SSSR count). The van der Waals surface area contributed by atoms with Gasteiger partial charge in [0.2, 0.25) is 0 Å². The van der Waals surface area contributed by atoms with E-state index in [9.17, 15) is 0 Å². The van der Waals surface area contributed by atoms with Crippen LogP contribution in [0.5, 0.6) is 0 Å². The van der Waals surface area contributed by atoms with Gasteiger partial charge in [-0.2, -0.15) is 0 Å². The fourth-order valence-electron chi connectivity index (χ4n) is 1.25. The van der Waals surface area contributed by atoms with Crippen molar-refractivity contribution in [3.63, 3.8) is 0 Å². The van der Waals surface area contributed by atoms with Crippen molar-refractivity contribution in [1.29, 1.82) is 10.8 Å². The van der Waals surface area contributed by atoms with E-state index in [-0.39, 0.29) is 6.04 Å². The van der Waals surface area contributed by atoms with E-state index in [0.717, 1.165) is 19.5 Å². The van der Waals surface area contributed by atoms with Gasteiger partial charge < -0.3 is 16.0 Å². The lowest BCUT2D eigenvalue weighted by molar-refractivity contribution is 0.509. The Bertz CT molecular complexity index is 209. The summed E-state index contributed by atoms with van der Waals surface area (Å²) >= 11 is 0. The van der Waals surface area contributed by atoms with Crippen LogP contribution in [0.4, 0.5) is 0 Å². The molecule has 0 bridgehead atoms. The van der Waals surface area contributed by atoms with Gasteiger partial charge in [0.05, 0.1) is 0 Å². The number of allylic oxidation sites excluding steroid dienone is 1. The number of nitrogens with one attached hydrogen (secondary N) is 2. The van der Waals surface area contributed by atoms with E-state index >= 15 is 0 Å². The van der Waals surface area contributed by atoms with Crippen LogP contribution in [-0.2, 0) is 0 Å². The standard InChI is InChI=1S/C8H14N4/c9-4-1-2-8(11)12-5-3-7(10)6-12/h1-2,4,7,9,11H,3,5-6,10H2/b2-1-,9-4?,11-8?/t7-/m1/s1. The molecule has 66 valence electrons. The molecule has 1 fully saturated rings. The number of rotatable bonds is 2. The van der Waals surface area contributed by atoms with Gasteiger partial charge >= 0.3 is 0 Å². The van der Waals surface area contributed by atoms with E-state index < -0.39 is 0 Å². The highest BCUT2D eigenvalue weighted by molar-refractivity contribution is 5.93. The van der Waals surface area contributed by atoms with Crippen LogP contribution < -0.4 is 5.73 Å². The van der Waals surface area contributed by atoms with Crippen LogP contribution in [0.15, 0.2) is 12.2 Å². The molecule has 0 amide bonds. The Morgan fingerprint density at radius 1 is 1.58 bits per heavy atom. The van der Waals surface area contributed by atoms with Crippen molar-refractivity contribution >= 4 is 12.1 Å². The molecule has 0 radical (unpaired) electrons. The van der Waals surface area contributed by atoms with Crippen molar-refractivity contribution in [3.05, 3.63) is 12.2 Å². The Morgan fingerprint density at radius 2 is 2.33 bits per heavy atom. The van der Waals surface area contributed by atoms with Gasteiger partial charge in [-0.1, -0.05) is 0 Å². The highest BCUT2D eigenvalue weighted by Gasteiger charge is 2.19. The Balaban J connectivity index is 2.43. The number of nitrogens with two attached hydrogens (primary N) is 1. The zero-order chi connectivity index (χ0) is 8.97. The van der Waals surface area contributed by atoms with Crippen LogP contribution in [-0.4, -0.2) is 36.1 Å². The molecule has 0 aromatic rings. The SMILES string of the molecule is N=C/C=C\C(=N)N1CC[C@@H](N)C1. The summed E-state index contributed by atoms with van der Waals surface area (Å²) in [6.45, 7) is 1.63. The smallest absolute Gasteiger partial charge is 0.120 e. The minimum atomic E-state index is 0.207. The average molecular weight is 166 g/mol. The summed E-state index contributed by atoms with van der Waals surface area (Å²) in [7, 11) is 0. The first-order chi connectivity index (χ1) is 5.74. The summed E-state index contributed by atoms with van der Waals surface area (Å²) in [6, 6.07) is 0.207. The molecule has 0 saturated carbocycles. The number of hydrogen-bond donors (Lipinski definition) is 3. The maximum atomic E-state index is 7.56. The zero-order valence-electron chi connectivity index (χ0n) is 6.96. The van der Waals surface area contributed by atoms with Crippen molar-refractivity contribution in [2.24, 2.45) is 5.73 Å². The normalized spacial score (nSPS) is 23.4. The minimum absolute atomic E-state index is 0.207. The second-order valence-corrected chi connectivity index (χ2v) is 2.91. The lowest BCUT2D eigenvalue weighted by atomic mass is 10.3. The van der Waals surface area contributed by atoms with Crippen molar-refractivity contribution in [2.75, 3.05) is 13.1 Å². The molecule has 4 nitrogen and oxygen atoms in total. The molecule has 0 unspecified atom stereocenters. The second kappa shape index (κ2) is 4.01.